The predicted octanol–water partition coefficient (Wildman–Crippen LogP) is 13.3. The van der Waals surface area contributed by atoms with Gasteiger partial charge in [0.05, 0.1) is 0 Å². The fraction of sp³-hybridized carbons (Fsp3) is 0.0577. The Morgan fingerprint density at radius 2 is 0.818 bits per heavy atom. The molecule has 260 valence electrons. The lowest BCUT2D eigenvalue weighted by atomic mass is 9.79. The quantitative estimate of drug-likeness (QED) is 0.173. The third-order valence-corrected chi connectivity index (χ3v) is 11.1. The van der Waals surface area contributed by atoms with E-state index in [1.165, 1.54) is 44.2 Å². The maximum Gasteiger partial charge on any atom is 0.164 e. The van der Waals surface area contributed by atoms with Crippen LogP contribution >= 0.6 is 0 Å². The monoisotopic (exact) mass is 703 g/mol. The summed E-state index contributed by atoms with van der Waals surface area (Å²) in [6, 6.07) is 66.6. The minimum atomic E-state index is -0.116. The van der Waals surface area contributed by atoms with Crippen LogP contribution in [0, 0.1) is 0 Å². The first-order valence-electron chi connectivity index (χ1n) is 18.9. The standard InChI is InChI=1S/C52H37N3/c1-52(2)46-26-12-11-25-44(46)47-45(33-40-19-9-10-24-43(40)48(47)52)36-27-29-37(30-28-36)49-53-50(41-22-13-20-38(31-41)34-15-5-3-6-16-34)55-51(54-49)42-23-14-21-39(32-42)35-17-7-4-8-18-35/h3-33H,1-2H3. The Labute approximate surface area is 321 Å². The van der Waals surface area contributed by atoms with E-state index < -0.39 is 0 Å². The van der Waals surface area contributed by atoms with Crippen LogP contribution in [0.2, 0.25) is 0 Å². The third kappa shape index (κ3) is 5.73. The van der Waals surface area contributed by atoms with E-state index in [2.05, 4.69) is 190 Å². The minimum Gasteiger partial charge on any atom is -0.208 e. The molecular weight excluding hydrogens is 667 g/mol. The molecule has 1 aliphatic rings. The predicted molar refractivity (Wildman–Crippen MR) is 228 cm³/mol. The number of nitrogens with zero attached hydrogens (tertiary/aromatic N) is 3. The lowest BCUT2D eigenvalue weighted by Crippen LogP contribution is -2.15. The van der Waals surface area contributed by atoms with E-state index in [1.54, 1.807) is 0 Å². The lowest BCUT2D eigenvalue weighted by molar-refractivity contribution is 0.666. The largest absolute Gasteiger partial charge is 0.208 e. The van der Waals surface area contributed by atoms with Gasteiger partial charge < -0.3 is 0 Å². The van der Waals surface area contributed by atoms with E-state index in [-0.39, 0.29) is 5.41 Å². The van der Waals surface area contributed by atoms with Gasteiger partial charge in [-0.15, -0.1) is 0 Å². The van der Waals surface area contributed by atoms with E-state index >= 15 is 0 Å². The maximum atomic E-state index is 5.14. The Bertz CT molecular complexity index is 2770. The third-order valence-electron chi connectivity index (χ3n) is 11.1. The van der Waals surface area contributed by atoms with Crippen molar-refractivity contribution in [3.05, 3.63) is 199 Å². The van der Waals surface area contributed by atoms with Gasteiger partial charge in [-0.3, -0.25) is 0 Å². The Hall–Kier alpha value is -6.97. The van der Waals surface area contributed by atoms with Crippen molar-refractivity contribution in [1.29, 1.82) is 0 Å². The highest BCUT2D eigenvalue weighted by atomic mass is 15.0. The fourth-order valence-electron chi connectivity index (χ4n) is 8.38. The molecule has 0 unspecified atom stereocenters. The minimum absolute atomic E-state index is 0.116. The van der Waals surface area contributed by atoms with Gasteiger partial charge >= 0.3 is 0 Å². The second-order valence-electron chi connectivity index (χ2n) is 14.8. The molecule has 0 saturated carbocycles. The fourth-order valence-corrected chi connectivity index (χ4v) is 8.38. The maximum absolute atomic E-state index is 5.14. The zero-order valence-corrected chi connectivity index (χ0v) is 30.7. The van der Waals surface area contributed by atoms with Crippen LogP contribution in [0.3, 0.4) is 0 Å². The molecule has 0 spiro atoms. The molecule has 1 heterocycles. The SMILES string of the molecule is CC1(C)c2ccccc2-c2c(-c3ccc(-c4nc(-c5cccc(-c6ccccc6)c5)nc(-c5cccc(-c6ccccc6)c5)n4)cc3)cc3ccccc3c21. The van der Waals surface area contributed by atoms with Gasteiger partial charge in [0.15, 0.2) is 17.5 Å². The van der Waals surface area contributed by atoms with E-state index in [9.17, 15) is 0 Å². The van der Waals surface area contributed by atoms with Gasteiger partial charge in [0.1, 0.15) is 0 Å². The molecule has 0 fully saturated rings. The zero-order valence-electron chi connectivity index (χ0n) is 30.7. The van der Waals surface area contributed by atoms with Gasteiger partial charge in [-0.05, 0) is 84.6 Å². The van der Waals surface area contributed by atoms with E-state index in [1.807, 2.05) is 12.1 Å². The topological polar surface area (TPSA) is 38.7 Å². The van der Waals surface area contributed by atoms with Gasteiger partial charge in [-0.25, -0.2) is 15.0 Å². The van der Waals surface area contributed by atoms with Gasteiger partial charge in [0.2, 0.25) is 0 Å². The Morgan fingerprint density at radius 3 is 1.44 bits per heavy atom. The summed E-state index contributed by atoms with van der Waals surface area (Å²) in [6.45, 7) is 4.72. The van der Waals surface area contributed by atoms with Crippen LogP contribution in [-0.2, 0) is 5.41 Å². The summed E-state index contributed by atoms with van der Waals surface area (Å²) in [7, 11) is 0. The number of hydrogen-bond acceptors (Lipinski definition) is 3. The molecule has 8 aromatic carbocycles. The highest BCUT2D eigenvalue weighted by Gasteiger charge is 2.38. The van der Waals surface area contributed by atoms with Crippen molar-refractivity contribution in [2.24, 2.45) is 0 Å². The second kappa shape index (κ2) is 13.2. The molecule has 0 amide bonds. The molecule has 0 N–H and O–H groups in total. The Balaban J connectivity index is 1.11. The molecule has 1 aliphatic carbocycles. The van der Waals surface area contributed by atoms with Crippen molar-refractivity contribution in [1.82, 2.24) is 15.0 Å². The number of aromatic nitrogens is 3. The molecule has 0 radical (unpaired) electrons. The summed E-state index contributed by atoms with van der Waals surface area (Å²) in [5.41, 5.74) is 15.0. The molecule has 3 nitrogen and oxygen atoms in total. The Morgan fingerprint density at radius 1 is 0.345 bits per heavy atom. The molecule has 3 heteroatoms. The van der Waals surface area contributed by atoms with Crippen LogP contribution in [0.15, 0.2) is 188 Å². The van der Waals surface area contributed by atoms with Crippen LogP contribution < -0.4 is 0 Å². The number of fused-ring (bicyclic) bond motifs is 5. The first-order valence-corrected chi connectivity index (χ1v) is 18.9. The van der Waals surface area contributed by atoms with E-state index in [4.69, 9.17) is 15.0 Å². The van der Waals surface area contributed by atoms with Crippen LogP contribution in [0.4, 0.5) is 0 Å². The molecular formula is C52H37N3. The Kier molecular flexibility index (Phi) is 7.81. The van der Waals surface area contributed by atoms with Crippen LogP contribution in [0.1, 0.15) is 25.0 Å². The first-order chi connectivity index (χ1) is 27.0. The molecule has 1 aromatic heterocycles. The van der Waals surface area contributed by atoms with Crippen molar-refractivity contribution in [2.45, 2.75) is 19.3 Å². The molecule has 55 heavy (non-hydrogen) atoms. The summed E-state index contributed by atoms with van der Waals surface area (Å²) in [5.74, 6) is 1.91. The number of benzene rings is 8. The molecule has 0 atom stereocenters. The molecule has 10 rings (SSSR count). The second-order valence-corrected chi connectivity index (χ2v) is 14.8. The van der Waals surface area contributed by atoms with Crippen LogP contribution in [0.5, 0.6) is 0 Å². The average molecular weight is 704 g/mol. The first kappa shape index (κ1) is 32.7. The van der Waals surface area contributed by atoms with Gasteiger partial charge in [0.25, 0.3) is 0 Å². The van der Waals surface area contributed by atoms with Crippen molar-refractivity contribution < 1.29 is 0 Å². The van der Waals surface area contributed by atoms with Gasteiger partial charge in [-0.2, -0.15) is 0 Å². The molecule has 0 aliphatic heterocycles. The molecule has 9 aromatic rings. The van der Waals surface area contributed by atoms with Crippen molar-refractivity contribution in [3.63, 3.8) is 0 Å². The summed E-state index contributed by atoms with van der Waals surface area (Å²) < 4.78 is 0. The van der Waals surface area contributed by atoms with Gasteiger partial charge in [-0.1, -0.05) is 184 Å². The summed E-state index contributed by atoms with van der Waals surface area (Å²) in [6.07, 6.45) is 0. The molecule has 0 saturated heterocycles. The van der Waals surface area contributed by atoms with Crippen molar-refractivity contribution in [3.8, 4) is 78.7 Å². The normalized spacial score (nSPS) is 12.7. The van der Waals surface area contributed by atoms with E-state index in [0.717, 1.165) is 38.9 Å². The molecule has 0 bridgehead atoms. The van der Waals surface area contributed by atoms with Crippen molar-refractivity contribution in [2.75, 3.05) is 0 Å². The number of rotatable bonds is 6. The summed E-state index contributed by atoms with van der Waals surface area (Å²) >= 11 is 0. The highest BCUT2D eigenvalue weighted by Crippen LogP contribution is 2.54. The average Bonchev–Trinajstić information content (AvgIpc) is 3.50. The van der Waals surface area contributed by atoms with Crippen LogP contribution in [0.25, 0.3) is 89.4 Å². The van der Waals surface area contributed by atoms with E-state index in [0.29, 0.717) is 17.5 Å². The lowest BCUT2D eigenvalue weighted by Gasteiger charge is -2.24. The summed E-state index contributed by atoms with van der Waals surface area (Å²) in [4.78, 5) is 15.4. The van der Waals surface area contributed by atoms with Gasteiger partial charge in [0, 0.05) is 22.1 Å². The zero-order chi connectivity index (χ0) is 36.9. The summed E-state index contributed by atoms with van der Waals surface area (Å²) in [5, 5.41) is 2.57. The van der Waals surface area contributed by atoms with Crippen LogP contribution in [-0.4, -0.2) is 15.0 Å². The smallest absolute Gasteiger partial charge is 0.164 e. The van der Waals surface area contributed by atoms with Crippen molar-refractivity contribution >= 4 is 10.8 Å². The highest BCUT2D eigenvalue weighted by molar-refractivity contribution is 6.04. The number of hydrogen-bond donors (Lipinski definition) is 0.